The number of carbonyl (C=O) groups excluding carboxylic acids is 1. The number of nitrogens with zero attached hydrogens (tertiary/aromatic N) is 2. The van der Waals surface area contributed by atoms with E-state index in [-0.39, 0.29) is 22.8 Å². The van der Waals surface area contributed by atoms with Crippen molar-refractivity contribution >= 4 is 27.0 Å². The molecule has 156 valence electrons. The number of benzene rings is 2. The number of aromatic amines is 1. The number of carbonyl (C=O) groups is 1. The molecule has 1 aliphatic heterocycles. The molecule has 3 aromatic rings. The number of H-pyrrole nitrogens is 1. The molecule has 1 aliphatic carbocycles. The number of amides is 1. The lowest BCUT2D eigenvalue weighted by Gasteiger charge is -2.31. The highest BCUT2D eigenvalue weighted by atomic mass is 32.2. The van der Waals surface area contributed by atoms with Gasteiger partial charge in [0, 0.05) is 30.6 Å². The highest BCUT2D eigenvalue weighted by Crippen LogP contribution is 2.29. The summed E-state index contributed by atoms with van der Waals surface area (Å²) in [6, 6.07) is 14.3. The van der Waals surface area contributed by atoms with Crippen molar-refractivity contribution in [3.63, 3.8) is 0 Å². The highest BCUT2D eigenvalue weighted by Gasteiger charge is 2.30. The largest absolute Gasteiger partial charge is 0.342 e. The number of imidazole rings is 1. The van der Waals surface area contributed by atoms with Crippen LogP contribution in [0.3, 0.4) is 0 Å². The van der Waals surface area contributed by atoms with Crippen LogP contribution < -0.4 is 4.72 Å². The topological polar surface area (TPSA) is 95.2 Å². The second kappa shape index (κ2) is 7.52. The minimum Gasteiger partial charge on any atom is -0.342 e. The van der Waals surface area contributed by atoms with Gasteiger partial charge < -0.3 is 9.88 Å². The van der Waals surface area contributed by atoms with Gasteiger partial charge in [0.1, 0.15) is 5.82 Å². The van der Waals surface area contributed by atoms with Crippen molar-refractivity contribution in [3.8, 4) is 0 Å². The molecule has 1 amide bonds. The first kappa shape index (κ1) is 19.3. The highest BCUT2D eigenvalue weighted by molar-refractivity contribution is 7.89. The average molecular weight is 425 g/mol. The van der Waals surface area contributed by atoms with Crippen molar-refractivity contribution in [2.24, 2.45) is 0 Å². The summed E-state index contributed by atoms with van der Waals surface area (Å²) in [6.45, 7) is 1.25. The summed E-state index contributed by atoms with van der Waals surface area (Å²) in [4.78, 5) is 23.0. The van der Waals surface area contributed by atoms with Crippen LogP contribution in [-0.4, -0.2) is 48.3 Å². The quantitative estimate of drug-likeness (QED) is 0.658. The Morgan fingerprint density at radius 3 is 2.53 bits per heavy atom. The maximum atomic E-state index is 13.0. The predicted octanol–water partition coefficient (Wildman–Crippen LogP) is 3.02. The summed E-state index contributed by atoms with van der Waals surface area (Å²) in [5, 5.41) is 0. The molecule has 0 radical (unpaired) electrons. The van der Waals surface area contributed by atoms with Crippen LogP contribution in [0.4, 0.5) is 0 Å². The number of likely N-dealkylation sites (tertiary alicyclic amines) is 1. The molecule has 0 unspecified atom stereocenters. The molecule has 0 spiro atoms. The number of nitrogens with one attached hydrogen (secondary N) is 2. The number of para-hydroxylation sites is 2. The molecule has 30 heavy (non-hydrogen) atoms. The number of aromatic nitrogens is 2. The predicted molar refractivity (Wildman–Crippen MR) is 114 cm³/mol. The zero-order chi connectivity index (χ0) is 20.7. The standard InChI is InChI=1S/C22H24N4O3S/c27-22(16-4-3-5-18(14-16)30(28,29)25-17-8-9-17)26-12-10-15(11-13-26)21-23-19-6-1-2-7-20(19)24-21/h1-7,14-15,17,25H,8-13H2,(H,23,24). The lowest BCUT2D eigenvalue weighted by atomic mass is 9.95. The van der Waals surface area contributed by atoms with Gasteiger partial charge in [-0.3, -0.25) is 4.79 Å². The lowest BCUT2D eigenvalue weighted by Crippen LogP contribution is -2.38. The minimum absolute atomic E-state index is 0.0339. The first-order valence-electron chi connectivity index (χ1n) is 10.4. The van der Waals surface area contributed by atoms with E-state index in [0.717, 1.165) is 42.5 Å². The Labute approximate surface area is 175 Å². The molecule has 2 fully saturated rings. The molecule has 0 bridgehead atoms. The van der Waals surface area contributed by atoms with Gasteiger partial charge in [0.05, 0.1) is 15.9 Å². The molecule has 2 aliphatic rings. The van der Waals surface area contributed by atoms with Crippen molar-refractivity contribution in [3.05, 3.63) is 59.9 Å². The molecule has 1 saturated carbocycles. The Kier molecular flexibility index (Phi) is 4.83. The molecule has 1 saturated heterocycles. The van der Waals surface area contributed by atoms with Gasteiger partial charge in [0.25, 0.3) is 5.91 Å². The van der Waals surface area contributed by atoms with Gasteiger partial charge in [-0.05, 0) is 56.0 Å². The van der Waals surface area contributed by atoms with E-state index >= 15 is 0 Å². The van der Waals surface area contributed by atoms with Gasteiger partial charge in [0.15, 0.2) is 0 Å². The first-order valence-corrected chi connectivity index (χ1v) is 11.8. The van der Waals surface area contributed by atoms with E-state index in [0.29, 0.717) is 18.7 Å². The van der Waals surface area contributed by atoms with Gasteiger partial charge in [-0.15, -0.1) is 0 Å². The minimum atomic E-state index is -3.57. The number of hydrogen-bond acceptors (Lipinski definition) is 4. The zero-order valence-corrected chi connectivity index (χ0v) is 17.4. The molecular formula is C22H24N4O3S. The Hall–Kier alpha value is -2.71. The molecule has 2 N–H and O–H groups in total. The van der Waals surface area contributed by atoms with Crippen LogP contribution in [-0.2, 0) is 10.0 Å². The summed E-state index contributed by atoms with van der Waals surface area (Å²) >= 11 is 0. The number of fused-ring (bicyclic) bond motifs is 1. The Balaban J connectivity index is 1.27. The fourth-order valence-corrected chi connectivity index (χ4v) is 5.34. The smallest absolute Gasteiger partial charge is 0.253 e. The summed E-state index contributed by atoms with van der Waals surface area (Å²) in [5.41, 5.74) is 2.41. The summed E-state index contributed by atoms with van der Waals surface area (Å²) in [7, 11) is -3.57. The van der Waals surface area contributed by atoms with Crippen molar-refractivity contribution in [1.29, 1.82) is 0 Å². The molecular weight excluding hydrogens is 400 g/mol. The van der Waals surface area contributed by atoms with E-state index in [2.05, 4.69) is 9.71 Å². The van der Waals surface area contributed by atoms with E-state index in [1.54, 1.807) is 17.0 Å². The maximum Gasteiger partial charge on any atom is 0.253 e. The monoisotopic (exact) mass is 424 g/mol. The third-order valence-corrected chi connectivity index (χ3v) is 7.39. The molecule has 0 atom stereocenters. The third-order valence-electron chi connectivity index (χ3n) is 5.87. The lowest BCUT2D eigenvalue weighted by molar-refractivity contribution is 0.0711. The maximum absolute atomic E-state index is 13.0. The Bertz CT molecular complexity index is 1160. The van der Waals surface area contributed by atoms with Gasteiger partial charge >= 0.3 is 0 Å². The fourth-order valence-electron chi connectivity index (χ4n) is 3.99. The first-order chi connectivity index (χ1) is 14.5. The van der Waals surface area contributed by atoms with Gasteiger partial charge in [-0.1, -0.05) is 18.2 Å². The van der Waals surface area contributed by atoms with Crippen LogP contribution >= 0.6 is 0 Å². The van der Waals surface area contributed by atoms with E-state index < -0.39 is 10.0 Å². The number of sulfonamides is 1. The van der Waals surface area contributed by atoms with E-state index in [4.69, 9.17) is 4.98 Å². The van der Waals surface area contributed by atoms with Crippen molar-refractivity contribution in [2.75, 3.05) is 13.1 Å². The second-order valence-corrected chi connectivity index (χ2v) is 9.84. The molecule has 2 heterocycles. The van der Waals surface area contributed by atoms with E-state index in [1.165, 1.54) is 12.1 Å². The van der Waals surface area contributed by atoms with E-state index in [9.17, 15) is 13.2 Å². The summed E-state index contributed by atoms with van der Waals surface area (Å²) < 4.78 is 27.6. The van der Waals surface area contributed by atoms with Crippen LogP contribution in [0.2, 0.25) is 0 Å². The number of hydrogen-bond donors (Lipinski definition) is 2. The Morgan fingerprint density at radius 2 is 1.80 bits per heavy atom. The van der Waals surface area contributed by atoms with Crippen LogP contribution in [0.25, 0.3) is 11.0 Å². The number of rotatable bonds is 5. The fraction of sp³-hybridized carbons (Fsp3) is 0.364. The molecule has 7 nitrogen and oxygen atoms in total. The summed E-state index contributed by atoms with van der Waals surface area (Å²) in [5.74, 6) is 1.14. The normalized spacial score (nSPS) is 18.1. The van der Waals surface area contributed by atoms with Crippen LogP contribution in [0.15, 0.2) is 53.4 Å². The summed E-state index contributed by atoms with van der Waals surface area (Å²) in [6.07, 6.45) is 3.40. The molecule has 8 heteroatoms. The van der Waals surface area contributed by atoms with Crippen molar-refractivity contribution in [1.82, 2.24) is 19.6 Å². The third kappa shape index (κ3) is 3.85. The van der Waals surface area contributed by atoms with E-state index in [1.807, 2.05) is 24.3 Å². The SMILES string of the molecule is O=C(c1cccc(S(=O)(=O)NC2CC2)c1)N1CCC(c2nc3ccccc3[nH]2)CC1. The molecule has 2 aromatic carbocycles. The number of piperidine rings is 1. The van der Waals surface area contributed by atoms with Gasteiger partial charge in [-0.2, -0.15) is 0 Å². The Morgan fingerprint density at radius 1 is 1.03 bits per heavy atom. The van der Waals surface area contributed by atoms with Crippen LogP contribution in [0.5, 0.6) is 0 Å². The molecule has 1 aromatic heterocycles. The van der Waals surface area contributed by atoms with Crippen LogP contribution in [0, 0.1) is 0 Å². The van der Waals surface area contributed by atoms with Crippen molar-refractivity contribution in [2.45, 2.75) is 42.5 Å². The zero-order valence-electron chi connectivity index (χ0n) is 16.5. The van der Waals surface area contributed by atoms with Crippen LogP contribution in [0.1, 0.15) is 47.8 Å². The average Bonchev–Trinajstić information content (AvgIpc) is 3.46. The van der Waals surface area contributed by atoms with Gasteiger partial charge in [0.2, 0.25) is 10.0 Å². The molecule has 5 rings (SSSR count). The second-order valence-electron chi connectivity index (χ2n) is 8.13. The van der Waals surface area contributed by atoms with Crippen molar-refractivity contribution < 1.29 is 13.2 Å². The van der Waals surface area contributed by atoms with Gasteiger partial charge in [-0.25, -0.2) is 18.1 Å².